The topological polar surface area (TPSA) is 115 Å². The van der Waals surface area contributed by atoms with Crippen LogP contribution in [0.1, 0.15) is 43.1 Å². The molecule has 2 aromatic heterocycles. The number of hydrogen-bond donors (Lipinski definition) is 0. The maximum atomic E-state index is 13.2. The van der Waals surface area contributed by atoms with E-state index in [0.29, 0.717) is 51.7 Å². The molecule has 8 nitrogen and oxygen atoms in total. The van der Waals surface area contributed by atoms with Gasteiger partial charge in [0.1, 0.15) is 23.9 Å². The number of benzene rings is 1. The number of carbonyl (C=O) groups excluding carboxylic acids is 1. The fourth-order valence-electron chi connectivity index (χ4n) is 4.24. The lowest BCUT2D eigenvalue weighted by molar-refractivity contribution is -0.146. The van der Waals surface area contributed by atoms with Gasteiger partial charge in [0.25, 0.3) is 0 Å². The minimum Gasteiger partial charge on any atom is -0.478 e. The first-order valence-electron chi connectivity index (χ1n) is 10.7. The van der Waals surface area contributed by atoms with Crippen LogP contribution in [0.4, 0.5) is 5.69 Å². The Labute approximate surface area is 190 Å². The van der Waals surface area contributed by atoms with Crippen LogP contribution >= 0.6 is 0 Å². The number of hydrogen-bond acceptors (Lipinski definition) is 8. The summed E-state index contributed by atoms with van der Waals surface area (Å²) in [6.07, 6.45) is 1.70. The summed E-state index contributed by atoms with van der Waals surface area (Å²) < 4.78 is 17.2. The fraction of sp³-hybridized carbons (Fsp3) is 0.320. The van der Waals surface area contributed by atoms with E-state index >= 15 is 0 Å². The summed E-state index contributed by atoms with van der Waals surface area (Å²) in [6, 6.07) is 10.5. The van der Waals surface area contributed by atoms with Gasteiger partial charge >= 0.3 is 5.97 Å². The molecular weight excluding hydrogens is 422 g/mol. The molecule has 0 saturated heterocycles. The molecule has 0 fully saturated rings. The van der Waals surface area contributed by atoms with Gasteiger partial charge in [0, 0.05) is 35.0 Å². The molecule has 3 heterocycles. The van der Waals surface area contributed by atoms with Crippen molar-refractivity contribution < 1.29 is 18.7 Å². The van der Waals surface area contributed by atoms with Gasteiger partial charge in [0.05, 0.1) is 30.2 Å². The van der Waals surface area contributed by atoms with Gasteiger partial charge in [-0.1, -0.05) is 12.1 Å². The third-order valence-corrected chi connectivity index (χ3v) is 5.56. The highest BCUT2D eigenvalue weighted by Gasteiger charge is 2.42. The summed E-state index contributed by atoms with van der Waals surface area (Å²) in [5.41, 5.74) is 2.68. The molecule has 3 aromatic rings. The SMILES string of the molecule is CCOc1nccc2c1C(c1cccc3c(=O)cc(C)oc13)C(C(=O)OCCC#N)C(C)=N2. The van der Waals surface area contributed by atoms with E-state index in [9.17, 15) is 9.59 Å². The molecule has 0 aliphatic carbocycles. The summed E-state index contributed by atoms with van der Waals surface area (Å²) in [6.45, 7) is 5.68. The van der Waals surface area contributed by atoms with Crippen molar-refractivity contribution >= 4 is 28.3 Å². The van der Waals surface area contributed by atoms with Gasteiger partial charge in [0.2, 0.25) is 5.88 Å². The number of aryl methyl sites for hydroxylation is 1. The molecule has 1 aromatic carbocycles. The number of ether oxygens (including phenoxy) is 2. The molecule has 0 saturated carbocycles. The Bertz CT molecular complexity index is 1350. The second-order valence-corrected chi connectivity index (χ2v) is 7.71. The van der Waals surface area contributed by atoms with Gasteiger partial charge in [-0.05, 0) is 32.9 Å². The van der Waals surface area contributed by atoms with Gasteiger partial charge in [0.15, 0.2) is 5.43 Å². The Hall–Kier alpha value is -3.99. The van der Waals surface area contributed by atoms with E-state index in [0.717, 1.165) is 0 Å². The molecule has 1 aliphatic rings. The molecule has 33 heavy (non-hydrogen) atoms. The maximum absolute atomic E-state index is 13.2. The maximum Gasteiger partial charge on any atom is 0.315 e. The molecule has 168 valence electrons. The number of nitrogens with zero attached hydrogens (tertiary/aromatic N) is 3. The number of aliphatic imine (C=N–C) groups is 1. The second kappa shape index (κ2) is 9.25. The number of carbonyl (C=O) groups is 1. The van der Waals surface area contributed by atoms with Crippen LogP contribution in [0, 0.1) is 24.2 Å². The molecule has 0 N–H and O–H groups in total. The van der Waals surface area contributed by atoms with Crippen molar-refractivity contribution in [3.8, 4) is 11.9 Å². The van der Waals surface area contributed by atoms with Crippen molar-refractivity contribution in [2.45, 2.75) is 33.1 Å². The predicted molar refractivity (Wildman–Crippen MR) is 122 cm³/mol. The van der Waals surface area contributed by atoms with Crippen LogP contribution in [-0.2, 0) is 9.53 Å². The van der Waals surface area contributed by atoms with E-state index in [-0.39, 0.29) is 18.5 Å². The lowest BCUT2D eigenvalue weighted by atomic mass is 9.75. The number of pyridine rings is 1. The smallest absolute Gasteiger partial charge is 0.315 e. The van der Waals surface area contributed by atoms with Crippen LogP contribution in [0.15, 0.2) is 50.7 Å². The molecule has 0 amide bonds. The zero-order chi connectivity index (χ0) is 23.5. The average Bonchev–Trinajstić information content (AvgIpc) is 2.78. The Morgan fingerprint density at radius 3 is 2.85 bits per heavy atom. The van der Waals surface area contributed by atoms with Gasteiger partial charge in [-0.15, -0.1) is 0 Å². The van der Waals surface area contributed by atoms with Gasteiger partial charge in [-0.2, -0.15) is 5.26 Å². The third kappa shape index (κ3) is 4.10. The number of rotatable bonds is 6. The molecule has 0 bridgehead atoms. The van der Waals surface area contributed by atoms with E-state index in [1.54, 1.807) is 38.2 Å². The summed E-state index contributed by atoms with van der Waals surface area (Å²) in [5.74, 6) is -1.11. The van der Waals surface area contributed by atoms with Gasteiger partial charge in [-0.3, -0.25) is 14.6 Å². The van der Waals surface area contributed by atoms with E-state index < -0.39 is 17.8 Å². The molecule has 1 aliphatic heterocycles. The summed E-state index contributed by atoms with van der Waals surface area (Å²) >= 11 is 0. The number of fused-ring (bicyclic) bond motifs is 2. The summed E-state index contributed by atoms with van der Waals surface area (Å²) in [5, 5.41) is 9.25. The molecule has 0 spiro atoms. The second-order valence-electron chi connectivity index (χ2n) is 7.71. The monoisotopic (exact) mass is 445 g/mol. The van der Waals surface area contributed by atoms with Crippen molar-refractivity contribution in [2.75, 3.05) is 13.2 Å². The van der Waals surface area contributed by atoms with Crippen molar-refractivity contribution in [2.24, 2.45) is 10.9 Å². The van der Waals surface area contributed by atoms with E-state index in [1.807, 2.05) is 19.1 Å². The quantitative estimate of drug-likeness (QED) is 0.412. The van der Waals surface area contributed by atoms with Crippen molar-refractivity contribution in [1.29, 1.82) is 5.26 Å². The normalized spacial score (nSPS) is 17.1. The Kier molecular flexibility index (Phi) is 6.22. The largest absolute Gasteiger partial charge is 0.478 e. The zero-order valence-electron chi connectivity index (χ0n) is 18.6. The molecule has 4 rings (SSSR count). The van der Waals surface area contributed by atoms with Crippen LogP contribution in [0.25, 0.3) is 11.0 Å². The molecule has 2 unspecified atom stereocenters. The summed E-state index contributed by atoms with van der Waals surface area (Å²) in [7, 11) is 0. The predicted octanol–water partition coefficient (Wildman–Crippen LogP) is 4.21. The van der Waals surface area contributed by atoms with E-state index in [4.69, 9.17) is 19.2 Å². The number of esters is 1. The zero-order valence-corrected chi connectivity index (χ0v) is 18.6. The van der Waals surface area contributed by atoms with E-state index in [1.165, 1.54) is 6.07 Å². The minimum atomic E-state index is -0.809. The van der Waals surface area contributed by atoms with Gasteiger partial charge in [-0.25, -0.2) is 4.98 Å². The highest BCUT2D eigenvalue weighted by molar-refractivity contribution is 6.06. The molecule has 8 heteroatoms. The van der Waals surface area contributed by atoms with Gasteiger partial charge < -0.3 is 13.9 Å². The number of nitriles is 1. The molecule has 0 radical (unpaired) electrons. The van der Waals surface area contributed by atoms with Crippen LogP contribution in [-0.4, -0.2) is 29.9 Å². The first-order chi connectivity index (χ1) is 16.0. The lowest BCUT2D eigenvalue weighted by Gasteiger charge is -2.32. The third-order valence-electron chi connectivity index (χ3n) is 5.56. The Morgan fingerprint density at radius 1 is 1.27 bits per heavy atom. The molecule has 2 atom stereocenters. The van der Waals surface area contributed by atoms with Crippen LogP contribution in [0.3, 0.4) is 0 Å². The Balaban J connectivity index is 1.99. The van der Waals surface area contributed by atoms with Crippen molar-refractivity contribution in [1.82, 2.24) is 4.98 Å². The lowest BCUT2D eigenvalue weighted by Crippen LogP contribution is -2.34. The highest BCUT2D eigenvalue weighted by atomic mass is 16.5. The average molecular weight is 445 g/mol. The standard InChI is InChI=1S/C25H23N3O5/c1-4-31-24-22-18(9-11-27-24)28-15(3)20(25(30)32-12-6-10-26)21(22)17-8-5-7-16-19(29)13-14(2)33-23(16)17/h5,7-9,11,13,20-21H,4,6,12H2,1-3H3. The first kappa shape index (κ1) is 22.2. The fourth-order valence-corrected chi connectivity index (χ4v) is 4.24. The van der Waals surface area contributed by atoms with Crippen LogP contribution in [0.2, 0.25) is 0 Å². The number of aromatic nitrogens is 1. The van der Waals surface area contributed by atoms with Crippen LogP contribution in [0.5, 0.6) is 5.88 Å². The first-order valence-corrected chi connectivity index (χ1v) is 10.7. The number of para-hydroxylation sites is 1. The molecular formula is C25H23N3O5. The Morgan fingerprint density at radius 2 is 2.09 bits per heavy atom. The van der Waals surface area contributed by atoms with Crippen molar-refractivity contribution in [3.63, 3.8) is 0 Å². The minimum absolute atomic E-state index is 0.0201. The summed E-state index contributed by atoms with van der Waals surface area (Å²) in [4.78, 5) is 34.9. The van der Waals surface area contributed by atoms with Crippen LogP contribution < -0.4 is 10.2 Å². The van der Waals surface area contributed by atoms with Crippen molar-refractivity contribution in [3.05, 3.63) is 63.6 Å². The highest BCUT2D eigenvalue weighted by Crippen LogP contribution is 2.47. The van der Waals surface area contributed by atoms with E-state index in [2.05, 4.69) is 9.98 Å².